The normalized spacial score (nSPS) is 18.9. The molecule has 0 saturated carbocycles. The van der Waals surface area contributed by atoms with Crippen molar-refractivity contribution in [1.82, 2.24) is 25.7 Å². The van der Waals surface area contributed by atoms with Gasteiger partial charge in [0.2, 0.25) is 0 Å². The molecule has 220 valence electrons. The minimum absolute atomic E-state index is 0.284. The molecule has 0 radical (unpaired) electrons. The highest BCUT2D eigenvalue weighted by atomic mass is 32.2. The predicted molar refractivity (Wildman–Crippen MR) is 156 cm³/mol. The number of carbonyl (C=O) groups is 1. The molecule has 1 saturated heterocycles. The maximum absolute atomic E-state index is 12.6. The first-order chi connectivity index (χ1) is 19.6. The standard InChI is InChI=1S/C29H38N6O5S/c1-28(2,3)40-27(36)34-18-14-29(15-19-34)20-24(23-8-4-5-9-25(23)39-29)21-10-12-22(13-11-21)26-31-33-35(32-26)17-7-6-16-30-41(37)38/h4-5,8-13,20,30,33H,6-7,14-19H2,1-3H3,(H,31,32)(H,37,38)/p-1. The van der Waals surface area contributed by atoms with E-state index in [-0.39, 0.29) is 6.09 Å². The summed E-state index contributed by atoms with van der Waals surface area (Å²) in [7, 11) is 0. The molecule has 12 heteroatoms. The van der Waals surface area contributed by atoms with Crippen LogP contribution in [0.2, 0.25) is 0 Å². The van der Waals surface area contributed by atoms with Crippen LogP contribution in [-0.4, -0.2) is 68.1 Å². The van der Waals surface area contributed by atoms with E-state index in [2.05, 4.69) is 45.1 Å². The molecule has 1 spiro atoms. The van der Waals surface area contributed by atoms with Crippen molar-refractivity contribution < 1.29 is 23.0 Å². The lowest BCUT2D eigenvalue weighted by Crippen LogP contribution is -2.50. The van der Waals surface area contributed by atoms with Crippen molar-refractivity contribution in [3.05, 3.63) is 71.3 Å². The predicted octanol–water partition coefficient (Wildman–Crippen LogP) is 3.43. The first kappa shape index (κ1) is 29.1. The first-order valence-corrected chi connectivity index (χ1v) is 15.0. The molecule has 3 aliphatic heterocycles. The molecule has 3 heterocycles. The molecular formula is C29H37N6O5S-. The summed E-state index contributed by atoms with van der Waals surface area (Å²) in [6.07, 6.45) is 4.80. The van der Waals surface area contributed by atoms with Gasteiger partial charge in [0.15, 0.2) is 5.84 Å². The Morgan fingerprint density at radius 3 is 2.54 bits per heavy atom. The van der Waals surface area contributed by atoms with Crippen LogP contribution < -0.4 is 20.4 Å². The molecule has 1 fully saturated rings. The Balaban J connectivity index is 1.26. The van der Waals surface area contributed by atoms with Crippen molar-refractivity contribution in [2.24, 2.45) is 5.10 Å². The van der Waals surface area contributed by atoms with Gasteiger partial charge in [-0.15, -0.1) is 10.2 Å². The van der Waals surface area contributed by atoms with Gasteiger partial charge in [0.1, 0.15) is 17.0 Å². The van der Waals surface area contributed by atoms with Crippen LogP contribution in [0.5, 0.6) is 5.75 Å². The molecule has 3 aliphatic rings. The number of fused-ring (bicyclic) bond motifs is 1. The van der Waals surface area contributed by atoms with E-state index in [1.807, 2.05) is 51.1 Å². The number of amides is 1. The Kier molecular flexibility index (Phi) is 8.64. The number of likely N-dealkylation sites (tertiary alicyclic amines) is 1. The number of hydrazone groups is 1. The van der Waals surface area contributed by atoms with E-state index < -0.39 is 22.5 Å². The summed E-state index contributed by atoms with van der Waals surface area (Å²) >= 11 is -2.23. The van der Waals surface area contributed by atoms with Gasteiger partial charge in [-0.2, -0.15) is 0 Å². The van der Waals surface area contributed by atoms with E-state index in [0.717, 1.165) is 40.9 Å². The number of rotatable bonds is 8. The highest BCUT2D eigenvalue weighted by molar-refractivity contribution is 7.77. The van der Waals surface area contributed by atoms with Crippen molar-refractivity contribution in [1.29, 1.82) is 0 Å². The number of amidine groups is 1. The molecule has 2 aromatic carbocycles. The molecule has 5 rings (SSSR count). The topological polar surface area (TPSA) is 131 Å². The van der Waals surface area contributed by atoms with Crippen LogP contribution in [0.1, 0.15) is 63.1 Å². The quantitative estimate of drug-likeness (QED) is 0.319. The minimum Gasteiger partial charge on any atom is -0.760 e. The molecule has 1 amide bonds. The van der Waals surface area contributed by atoms with Crippen LogP contribution >= 0.6 is 0 Å². The van der Waals surface area contributed by atoms with E-state index >= 15 is 0 Å². The summed E-state index contributed by atoms with van der Waals surface area (Å²) in [6.45, 7) is 7.83. The van der Waals surface area contributed by atoms with Gasteiger partial charge in [0, 0.05) is 61.4 Å². The minimum atomic E-state index is -2.23. The number of nitrogens with one attached hydrogen (secondary N) is 3. The number of unbranched alkanes of at least 4 members (excludes halogenated alkanes) is 1. The second kappa shape index (κ2) is 12.2. The number of ether oxygens (including phenoxy) is 2. The second-order valence-electron chi connectivity index (χ2n) is 11.4. The summed E-state index contributed by atoms with van der Waals surface area (Å²) in [5, 5.41) is 6.17. The number of carbonyl (C=O) groups excluding carboxylic acids is 1. The van der Waals surface area contributed by atoms with Gasteiger partial charge < -0.3 is 18.9 Å². The number of hydrogen-bond acceptors (Lipinski definition) is 9. The van der Waals surface area contributed by atoms with Crippen molar-refractivity contribution in [2.45, 2.75) is 57.7 Å². The van der Waals surface area contributed by atoms with Crippen LogP contribution in [0.15, 0.2) is 59.7 Å². The van der Waals surface area contributed by atoms with Crippen LogP contribution in [0.25, 0.3) is 5.57 Å². The Hall–Kier alpha value is -3.45. The summed E-state index contributed by atoms with van der Waals surface area (Å²) in [5.41, 5.74) is 9.35. The zero-order valence-corrected chi connectivity index (χ0v) is 24.5. The number of benzene rings is 2. The number of hydrazine groups is 2. The molecule has 0 bridgehead atoms. The van der Waals surface area contributed by atoms with Gasteiger partial charge in [-0.3, -0.25) is 9.63 Å². The van der Waals surface area contributed by atoms with Gasteiger partial charge >= 0.3 is 6.09 Å². The van der Waals surface area contributed by atoms with E-state index in [1.54, 1.807) is 10.0 Å². The number of nitrogens with zero attached hydrogens (tertiary/aromatic N) is 3. The third-order valence-electron chi connectivity index (χ3n) is 7.18. The average molecular weight is 582 g/mol. The Labute approximate surface area is 243 Å². The molecule has 1 unspecified atom stereocenters. The smallest absolute Gasteiger partial charge is 0.410 e. The fourth-order valence-corrected chi connectivity index (χ4v) is 5.44. The fraction of sp³-hybridized carbons (Fsp3) is 0.448. The molecule has 0 aliphatic carbocycles. The molecule has 1 atom stereocenters. The SMILES string of the molecule is CC(C)(C)OC(=O)N1CCC2(C=C(c3ccc(C4=NNN(CCCCNS(=O)[O-])N4)cc3)c3ccccc3O2)CC1. The van der Waals surface area contributed by atoms with Gasteiger partial charge in [-0.25, -0.2) is 15.1 Å². The lowest BCUT2D eigenvalue weighted by atomic mass is 9.83. The third kappa shape index (κ3) is 7.25. The lowest BCUT2D eigenvalue weighted by Gasteiger charge is -2.43. The summed E-state index contributed by atoms with van der Waals surface area (Å²) in [5.74, 6) is 1.56. The van der Waals surface area contributed by atoms with Crippen molar-refractivity contribution in [3.63, 3.8) is 0 Å². The average Bonchev–Trinajstić information content (AvgIpc) is 3.41. The summed E-state index contributed by atoms with van der Waals surface area (Å²) in [6, 6.07) is 16.3. The van der Waals surface area contributed by atoms with Gasteiger partial charge in [-0.1, -0.05) is 42.5 Å². The molecule has 11 nitrogen and oxygen atoms in total. The van der Waals surface area contributed by atoms with Crippen LogP contribution in [0, 0.1) is 0 Å². The van der Waals surface area contributed by atoms with Crippen molar-refractivity contribution >= 4 is 28.8 Å². The molecule has 0 aromatic heterocycles. The van der Waals surface area contributed by atoms with E-state index in [0.29, 0.717) is 44.9 Å². The van der Waals surface area contributed by atoms with Crippen molar-refractivity contribution in [3.8, 4) is 5.75 Å². The fourth-order valence-electron chi connectivity index (χ4n) is 5.13. The largest absolute Gasteiger partial charge is 0.760 e. The summed E-state index contributed by atoms with van der Waals surface area (Å²) < 4.78 is 35.7. The molecular weight excluding hydrogens is 544 g/mol. The van der Waals surface area contributed by atoms with Gasteiger partial charge in [0.25, 0.3) is 0 Å². The van der Waals surface area contributed by atoms with Gasteiger partial charge in [0.05, 0.1) is 0 Å². The molecule has 41 heavy (non-hydrogen) atoms. The zero-order chi connectivity index (χ0) is 29.0. The van der Waals surface area contributed by atoms with Crippen molar-refractivity contribution in [2.75, 3.05) is 26.2 Å². The second-order valence-corrected chi connectivity index (χ2v) is 12.2. The van der Waals surface area contributed by atoms with E-state index in [4.69, 9.17) is 9.47 Å². The number of hydrogen-bond donors (Lipinski definition) is 3. The Morgan fingerprint density at radius 1 is 1.12 bits per heavy atom. The highest BCUT2D eigenvalue weighted by Crippen LogP contribution is 2.43. The molecule has 3 N–H and O–H groups in total. The van der Waals surface area contributed by atoms with E-state index in [1.165, 1.54) is 0 Å². The Morgan fingerprint density at radius 2 is 1.83 bits per heavy atom. The lowest BCUT2D eigenvalue weighted by molar-refractivity contribution is -0.00116. The highest BCUT2D eigenvalue weighted by Gasteiger charge is 2.40. The van der Waals surface area contributed by atoms with Crippen LogP contribution in [-0.2, 0) is 16.0 Å². The number of para-hydroxylation sites is 1. The Bertz CT molecular complexity index is 1330. The maximum atomic E-state index is 12.6. The summed E-state index contributed by atoms with van der Waals surface area (Å²) in [4.78, 5) is 14.4. The zero-order valence-electron chi connectivity index (χ0n) is 23.6. The van der Waals surface area contributed by atoms with Crippen LogP contribution in [0.4, 0.5) is 4.79 Å². The first-order valence-electron chi connectivity index (χ1n) is 13.9. The maximum Gasteiger partial charge on any atom is 0.410 e. The number of piperidine rings is 1. The molecule has 2 aromatic rings. The van der Waals surface area contributed by atoms with E-state index in [9.17, 15) is 13.6 Å². The third-order valence-corrected chi connectivity index (χ3v) is 7.62. The van der Waals surface area contributed by atoms with Gasteiger partial charge in [-0.05, 0) is 56.9 Å². The van der Waals surface area contributed by atoms with Crippen LogP contribution in [0.3, 0.4) is 0 Å². The monoisotopic (exact) mass is 581 g/mol.